The molecule has 4 aromatic rings. The van der Waals surface area contributed by atoms with Gasteiger partial charge in [0.05, 0.1) is 18.6 Å². The average Bonchev–Trinajstić information content (AvgIpc) is 3.10. The van der Waals surface area contributed by atoms with Crippen LogP contribution in [0.5, 0.6) is 5.75 Å². The van der Waals surface area contributed by atoms with Crippen LogP contribution in [0.2, 0.25) is 0 Å². The summed E-state index contributed by atoms with van der Waals surface area (Å²) in [7, 11) is 0. The SMILES string of the molecule is O=C(Cc1cccnc1)N1CCC2(CCCN(c3ncccn3)CCN(Cc3ccccc3)C(=O)c3ccccc3OC2)CC1. The van der Waals surface area contributed by atoms with Crippen molar-refractivity contribution in [1.29, 1.82) is 0 Å². The van der Waals surface area contributed by atoms with Crippen molar-refractivity contribution >= 4 is 17.8 Å². The zero-order valence-corrected chi connectivity index (χ0v) is 25.6. The van der Waals surface area contributed by atoms with Crippen LogP contribution in [-0.4, -0.2) is 75.9 Å². The Kier molecular flexibility index (Phi) is 9.63. The number of amides is 2. The molecule has 9 heteroatoms. The number of nitrogens with zero attached hydrogens (tertiary/aromatic N) is 6. The lowest BCUT2D eigenvalue weighted by Gasteiger charge is -2.42. The minimum Gasteiger partial charge on any atom is -0.492 e. The highest BCUT2D eigenvalue weighted by molar-refractivity contribution is 5.97. The van der Waals surface area contributed by atoms with Crippen molar-refractivity contribution in [3.63, 3.8) is 0 Å². The smallest absolute Gasteiger partial charge is 0.257 e. The molecule has 2 aliphatic heterocycles. The molecule has 232 valence electrons. The number of hydrogen-bond acceptors (Lipinski definition) is 7. The second-order valence-corrected chi connectivity index (χ2v) is 12.1. The molecule has 1 fully saturated rings. The number of para-hydroxylation sites is 1. The maximum absolute atomic E-state index is 14.2. The Hall–Kier alpha value is -4.79. The molecule has 0 aliphatic carbocycles. The Morgan fingerprint density at radius 3 is 2.31 bits per heavy atom. The standard InChI is InChI=1S/C36H40N6O3/c43-33(25-30-11-6-17-37-26-30)40-21-15-36(16-22-40)14-7-20-41(35-38-18-8-19-39-35)23-24-42(27-29-9-2-1-3-10-29)34(44)31-12-4-5-13-32(31)45-28-36/h1-6,8-13,17-19,26H,7,14-16,20-25,27-28H2. The van der Waals surface area contributed by atoms with Crippen molar-refractivity contribution in [1.82, 2.24) is 24.8 Å². The van der Waals surface area contributed by atoms with Crippen molar-refractivity contribution in [2.24, 2.45) is 5.41 Å². The minimum absolute atomic E-state index is 0.0625. The summed E-state index contributed by atoms with van der Waals surface area (Å²) in [4.78, 5) is 46.7. The highest BCUT2D eigenvalue weighted by Gasteiger charge is 2.37. The Labute approximate surface area is 264 Å². The molecular weight excluding hydrogens is 564 g/mol. The van der Waals surface area contributed by atoms with E-state index in [1.807, 2.05) is 82.6 Å². The van der Waals surface area contributed by atoms with Gasteiger partial charge in [-0.05, 0) is 61.1 Å². The molecule has 0 atom stereocenters. The van der Waals surface area contributed by atoms with Gasteiger partial charge in [0.15, 0.2) is 0 Å². The van der Waals surface area contributed by atoms with Gasteiger partial charge in [-0.1, -0.05) is 48.5 Å². The zero-order valence-electron chi connectivity index (χ0n) is 25.6. The number of pyridine rings is 1. The number of rotatable bonds is 5. The monoisotopic (exact) mass is 604 g/mol. The molecule has 2 aliphatic rings. The van der Waals surface area contributed by atoms with Crippen LogP contribution in [0.3, 0.4) is 0 Å². The predicted molar refractivity (Wildman–Crippen MR) is 173 cm³/mol. The molecular formula is C36H40N6O3. The number of fused-ring (bicyclic) bond motifs is 1. The molecule has 45 heavy (non-hydrogen) atoms. The number of aromatic nitrogens is 3. The highest BCUT2D eigenvalue weighted by Crippen LogP contribution is 2.38. The van der Waals surface area contributed by atoms with Gasteiger partial charge in [-0.25, -0.2) is 9.97 Å². The molecule has 1 spiro atoms. The maximum atomic E-state index is 14.2. The summed E-state index contributed by atoms with van der Waals surface area (Å²) in [6.45, 7) is 4.22. The first-order chi connectivity index (χ1) is 22.1. The third-order valence-electron chi connectivity index (χ3n) is 9.02. The first-order valence-electron chi connectivity index (χ1n) is 15.8. The summed E-state index contributed by atoms with van der Waals surface area (Å²) < 4.78 is 6.57. The van der Waals surface area contributed by atoms with Crippen molar-refractivity contribution in [2.45, 2.75) is 38.6 Å². The van der Waals surface area contributed by atoms with Crippen LogP contribution in [-0.2, 0) is 17.8 Å². The Balaban J connectivity index is 1.24. The predicted octanol–water partition coefficient (Wildman–Crippen LogP) is 5.04. The van der Waals surface area contributed by atoms with Crippen LogP contribution in [0.1, 0.15) is 47.2 Å². The van der Waals surface area contributed by atoms with Crippen LogP contribution in [0.25, 0.3) is 0 Å². The molecule has 4 heterocycles. The summed E-state index contributed by atoms with van der Waals surface area (Å²) in [5, 5.41) is 0. The van der Waals surface area contributed by atoms with E-state index in [9.17, 15) is 9.59 Å². The van der Waals surface area contributed by atoms with Crippen molar-refractivity contribution in [3.05, 3.63) is 114 Å². The van der Waals surface area contributed by atoms with E-state index in [0.717, 1.165) is 43.4 Å². The summed E-state index contributed by atoms with van der Waals surface area (Å²) in [5.74, 6) is 1.34. The first-order valence-corrected chi connectivity index (χ1v) is 15.8. The summed E-state index contributed by atoms with van der Waals surface area (Å²) in [6.07, 6.45) is 10.9. The molecule has 1 saturated heterocycles. The lowest BCUT2D eigenvalue weighted by molar-refractivity contribution is -0.133. The topological polar surface area (TPSA) is 91.8 Å². The van der Waals surface area contributed by atoms with Crippen molar-refractivity contribution in [2.75, 3.05) is 44.2 Å². The molecule has 0 unspecified atom stereocenters. The van der Waals surface area contributed by atoms with Crippen LogP contribution in [0.15, 0.2) is 97.6 Å². The Bertz CT molecular complexity index is 1550. The van der Waals surface area contributed by atoms with Gasteiger partial charge >= 0.3 is 0 Å². The van der Waals surface area contributed by atoms with Gasteiger partial charge < -0.3 is 19.4 Å². The van der Waals surface area contributed by atoms with Crippen LogP contribution in [0.4, 0.5) is 5.95 Å². The van der Waals surface area contributed by atoms with E-state index in [1.54, 1.807) is 24.8 Å². The van der Waals surface area contributed by atoms with Gasteiger partial charge in [-0.2, -0.15) is 0 Å². The van der Waals surface area contributed by atoms with Gasteiger partial charge in [0.1, 0.15) is 5.75 Å². The summed E-state index contributed by atoms with van der Waals surface area (Å²) in [6, 6.07) is 23.3. The quantitative estimate of drug-likeness (QED) is 0.315. The lowest BCUT2D eigenvalue weighted by Crippen LogP contribution is -2.46. The molecule has 0 N–H and O–H groups in total. The molecule has 0 bridgehead atoms. The average molecular weight is 605 g/mol. The third-order valence-corrected chi connectivity index (χ3v) is 9.02. The van der Waals surface area contributed by atoms with Crippen molar-refractivity contribution < 1.29 is 14.3 Å². The van der Waals surface area contributed by atoms with E-state index in [-0.39, 0.29) is 17.2 Å². The van der Waals surface area contributed by atoms with E-state index in [0.29, 0.717) is 63.0 Å². The lowest BCUT2D eigenvalue weighted by atomic mass is 9.75. The maximum Gasteiger partial charge on any atom is 0.257 e. The number of benzene rings is 2. The van der Waals surface area contributed by atoms with Gasteiger partial charge in [0, 0.05) is 69.5 Å². The normalized spacial score (nSPS) is 17.4. The molecule has 2 aromatic carbocycles. The Morgan fingerprint density at radius 2 is 1.53 bits per heavy atom. The molecule has 2 amide bonds. The largest absolute Gasteiger partial charge is 0.492 e. The molecule has 9 nitrogen and oxygen atoms in total. The van der Waals surface area contributed by atoms with E-state index >= 15 is 0 Å². The molecule has 6 rings (SSSR count). The number of piperidine rings is 1. The summed E-state index contributed by atoms with van der Waals surface area (Å²) >= 11 is 0. The third kappa shape index (κ3) is 7.66. The second-order valence-electron chi connectivity index (χ2n) is 12.1. The number of carbonyl (C=O) groups is 2. The number of hydrogen-bond donors (Lipinski definition) is 0. The van der Waals surface area contributed by atoms with E-state index in [1.165, 1.54) is 0 Å². The number of ether oxygens (including phenoxy) is 1. The summed E-state index contributed by atoms with van der Waals surface area (Å²) in [5.41, 5.74) is 2.44. The number of carbonyl (C=O) groups excluding carboxylic acids is 2. The first kappa shape index (κ1) is 30.2. The second kappa shape index (κ2) is 14.3. The van der Waals surface area contributed by atoms with E-state index in [4.69, 9.17) is 4.74 Å². The molecule has 0 saturated carbocycles. The number of likely N-dealkylation sites (tertiary alicyclic amines) is 1. The van der Waals surface area contributed by atoms with E-state index < -0.39 is 0 Å². The highest BCUT2D eigenvalue weighted by atomic mass is 16.5. The van der Waals surface area contributed by atoms with Gasteiger partial charge in [0.25, 0.3) is 5.91 Å². The number of anilines is 1. The zero-order chi connectivity index (χ0) is 30.9. The molecule has 0 radical (unpaired) electrons. The fraction of sp³-hybridized carbons (Fsp3) is 0.361. The van der Waals surface area contributed by atoms with Crippen molar-refractivity contribution in [3.8, 4) is 5.75 Å². The van der Waals surface area contributed by atoms with Crippen LogP contribution >= 0.6 is 0 Å². The van der Waals surface area contributed by atoms with Gasteiger partial charge in [-0.15, -0.1) is 0 Å². The van der Waals surface area contributed by atoms with E-state index in [2.05, 4.69) is 19.9 Å². The fourth-order valence-corrected chi connectivity index (χ4v) is 6.37. The fourth-order valence-electron chi connectivity index (χ4n) is 6.37. The minimum atomic E-state index is -0.123. The Morgan fingerprint density at radius 1 is 0.778 bits per heavy atom. The van der Waals surface area contributed by atoms with Crippen LogP contribution < -0.4 is 9.64 Å². The van der Waals surface area contributed by atoms with Gasteiger partial charge in [0.2, 0.25) is 11.9 Å². The molecule has 2 aromatic heterocycles. The van der Waals surface area contributed by atoms with Gasteiger partial charge in [-0.3, -0.25) is 14.6 Å². The van der Waals surface area contributed by atoms with Crippen LogP contribution in [0, 0.1) is 5.41 Å².